The van der Waals surface area contributed by atoms with Gasteiger partial charge >= 0.3 is 5.97 Å². The summed E-state index contributed by atoms with van der Waals surface area (Å²) in [6, 6.07) is 19.2. The van der Waals surface area contributed by atoms with Crippen molar-refractivity contribution < 1.29 is 9.53 Å². The van der Waals surface area contributed by atoms with Crippen molar-refractivity contribution >= 4 is 28.0 Å². The SMILES string of the molecule is CCOC(=O)C(C#N)=Cc1cn(-c2ccccc2)nc1-c1cccc(Br)c1. The molecule has 0 amide bonds. The van der Waals surface area contributed by atoms with Gasteiger partial charge < -0.3 is 4.74 Å². The summed E-state index contributed by atoms with van der Waals surface area (Å²) in [5, 5.41) is 14.0. The topological polar surface area (TPSA) is 67.9 Å². The molecule has 27 heavy (non-hydrogen) atoms. The first-order chi connectivity index (χ1) is 13.1. The summed E-state index contributed by atoms with van der Waals surface area (Å²) < 4.78 is 7.60. The second-order valence-electron chi connectivity index (χ2n) is 5.61. The third-order valence-corrected chi connectivity index (χ3v) is 4.27. The fourth-order valence-corrected chi connectivity index (χ4v) is 2.97. The third kappa shape index (κ3) is 4.33. The molecule has 6 heteroatoms. The lowest BCUT2D eigenvalue weighted by molar-refractivity contribution is -0.137. The maximum Gasteiger partial charge on any atom is 0.348 e. The summed E-state index contributed by atoms with van der Waals surface area (Å²) in [6.07, 6.45) is 3.31. The van der Waals surface area contributed by atoms with Crippen molar-refractivity contribution in [2.24, 2.45) is 0 Å². The van der Waals surface area contributed by atoms with Crippen LogP contribution >= 0.6 is 15.9 Å². The number of ether oxygens (including phenoxy) is 1. The number of aromatic nitrogens is 2. The predicted octanol–water partition coefficient (Wildman–Crippen LogP) is 4.77. The Morgan fingerprint density at radius 3 is 2.70 bits per heavy atom. The van der Waals surface area contributed by atoms with Gasteiger partial charge in [-0.2, -0.15) is 10.4 Å². The van der Waals surface area contributed by atoms with Gasteiger partial charge in [-0.3, -0.25) is 0 Å². The van der Waals surface area contributed by atoms with Gasteiger partial charge in [-0.1, -0.05) is 46.3 Å². The Morgan fingerprint density at radius 2 is 2.04 bits per heavy atom. The minimum absolute atomic E-state index is 0.0688. The second kappa shape index (κ2) is 8.47. The van der Waals surface area contributed by atoms with Crippen LogP contribution < -0.4 is 0 Å². The number of para-hydroxylation sites is 1. The Bertz CT molecular complexity index is 1030. The highest BCUT2D eigenvalue weighted by Gasteiger charge is 2.15. The maximum atomic E-state index is 12.0. The van der Waals surface area contributed by atoms with Gasteiger partial charge in [0.2, 0.25) is 0 Å². The molecule has 0 bridgehead atoms. The number of hydrogen-bond acceptors (Lipinski definition) is 4. The normalized spacial score (nSPS) is 11.1. The van der Waals surface area contributed by atoms with E-state index in [1.165, 1.54) is 6.08 Å². The summed E-state index contributed by atoms with van der Waals surface area (Å²) >= 11 is 3.47. The molecule has 0 radical (unpaired) electrons. The summed E-state index contributed by atoms with van der Waals surface area (Å²) in [4.78, 5) is 12.0. The molecule has 1 heterocycles. The van der Waals surface area contributed by atoms with Gasteiger partial charge in [0, 0.05) is 21.8 Å². The van der Waals surface area contributed by atoms with Crippen molar-refractivity contribution in [1.29, 1.82) is 5.26 Å². The van der Waals surface area contributed by atoms with E-state index in [0.717, 1.165) is 15.7 Å². The lowest BCUT2D eigenvalue weighted by atomic mass is 10.1. The van der Waals surface area contributed by atoms with E-state index < -0.39 is 5.97 Å². The van der Waals surface area contributed by atoms with Crippen LogP contribution in [-0.4, -0.2) is 22.4 Å². The van der Waals surface area contributed by atoms with Gasteiger partial charge in [-0.05, 0) is 37.3 Å². The van der Waals surface area contributed by atoms with Crippen LogP contribution in [-0.2, 0) is 9.53 Å². The Morgan fingerprint density at radius 1 is 1.26 bits per heavy atom. The molecule has 0 aliphatic rings. The van der Waals surface area contributed by atoms with Gasteiger partial charge in [0.25, 0.3) is 0 Å². The molecule has 0 N–H and O–H groups in total. The first-order valence-corrected chi connectivity index (χ1v) is 9.11. The fraction of sp³-hybridized carbons (Fsp3) is 0.0952. The van der Waals surface area contributed by atoms with Gasteiger partial charge in [0.15, 0.2) is 0 Å². The number of carbonyl (C=O) groups excluding carboxylic acids is 1. The average Bonchev–Trinajstić information content (AvgIpc) is 3.11. The van der Waals surface area contributed by atoms with E-state index in [4.69, 9.17) is 4.74 Å². The van der Waals surface area contributed by atoms with Crippen LogP contribution in [0.2, 0.25) is 0 Å². The van der Waals surface area contributed by atoms with E-state index in [0.29, 0.717) is 11.3 Å². The van der Waals surface area contributed by atoms with Crippen molar-refractivity contribution in [1.82, 2.24) is 9.78 Å². The number of nitrogens with zero attached hydrogens (tertiary/aromatic N) is 3. The zero-order chi connectivity index (χ0) is 19.2. The zero-order valence-corrected chi connectivity index (χ0v) is 16.2. The first kappa shape index (κ1) is 18.6. The standard InChI is InChI=1S/C21H16BrN3O2/c1-2-27-21(26)16(13-23)11-17-14-25(19-9-4-3-5-10-19)24-20(17)15-7-6-8-18(22)12-15/h3-12,14H,2H2,1H3. The van der Waals surface area contributed by atoms with E-state index in [1.807, 2.05) is 60.7 Å². The monoisotopic (exact) mass is 421 g/mol. The molecule has 0 aliphatic carbocycles. The summed E-state index contributed by atoms with van der Waals surface area (Å²) in [6.45, 7) is 1.91. The van der Waals surface area contributed by atoms with Crippen molar-refractivity contribution in [3.05, 3.63) is 76.4 Å². The maximum absolute atomic E-state index is 12.0. The molecular formula is C21H16BrN3O2. The lowest BCUT2D eigenvalue weighted by Gasteiger charge is -2.02. The Labute approximate surface area is 165 Å². The number of benzene rings is 2. The van der Waals surface area contributed by atoms with Crippen molar-refractivity contribution in [3.63, 3.8) is 0 Å². The van der Waals surface area contributed by atoms with Crippen LogP contribution in [0.5, 0.6) is 0 Å². The van der Waals surface area contributed by atoms with Crippen molar-refractivity contribution in [2.45, 2.75) is 6.92 Å². The van der Waals surface area contributed by atoms with Crippen LogP contribution in [0.15, 0.2) is 70.8 Å². The van der Waals surface area contributed by atoms with Crippen molar-refractivity contribution in [2.75, 3.05) is 6.61 Å². The zero-order valence-electron chi connectivity index (χ0n) is 14.6. The molecular weight excluding hydrogens is 406 g/mol. The van der Waals surface area contributed by atoms with Gasteiger partial charge in [0.05, 0.1) is 12.3 Å². The van der Waals surface area contributed by atoms with E-state index in [1.54, 1.807) is 17.8 Å². The lowest BCUT2D eigenvalue weighted by Crippen LogP contribution is -2.06. The number of rotatable bonds is 5. The number of carbonyl (C=O) groups is 1. The molecule has 3 rings (SSSR count). The summed E-state index contributed by atoms with van der Waals surface area (Å²) in [7, 11) is 0. The molecule has 0 atom stereocenters. The largest absolute Gasteiger partial charge is 0.462 e. The highest BCUT2D eigenvalue weighted by atomic mass is 79.9. The fourth-order valence-electron chi connectivity index (χ4n) is 2.57. The summed E-state index contributed by atoms with van der Waals surface area (Å²) in [5.41, 5.74) is 2.99. The van der Waals surface area contributed by atoms with Gasteiger partial charge in [0.1, 0.15) is 17.3 Å². The molecule has 0 saturated carbocycles. The second-order valence-corrected chi connectivity index (χ2v) is 6.53. The quantitative estimate of drug-likeness (QED) is 0.338. The van der Waals surface area contributed by atoms with Crippen LogP contribution in [0, 0.1) is 11.3 Å². The predicted molar refractivity (Wildman–Crippen MR) is 107 cm³/mol. The Balaban J connectivity index is 2.15. The third-order valence-electron chi connectivity index (χ3n) is 3.78. The highest BCUT2D eigenvalue weighted by Crippen LogP contribution is 2.28. The molecule has 134 valence electrons. The summed E-state index contributed by atoms with van der Waals surface area (Å²) in [5.74, 6) is -0.646. The number of nitriles is 1. The molecule has 0 unspecified atom stereocenters. The average molecular weight is 422 g/mol. The Hall–Kier alpha value is -3.17. The van der Waals surface area contributed by atoms with E-state index in [2.05, 4.69) is 21.0 Å². The molecule has 0 spiro atoms. The van der Waals surface area contributed by atoms with E-state index in [9.17, 15) is 10.1 Å². The smallest absolute Gasteiger partial charge is 0.348 e. The molecule has 1 aromatic heterocycles. The molecule has 2 aromatic carbocycles. The Kier molecular flexibility index (Phi) is 5.84. The van der Waals surface area contributed by atoms with Crippen LogP contribution in [0.1, 0.15) is 12.5 Å². The molecule has 0 aliphatic heterocycles. The van der Waals surface area contributed by atoms with Crippen LogP contribution in [0.25, 0.3) is 23.0 Å². The molecule has 0 fully saturated rings. The van der Waals surface area contributed by atoms with Gasteiger partial charge in [-0.25, -0.2) is 9.48 Å². The van der Waals surface area contributed by atoms with Crippen LogP contribution in [0.4, 0.5) is 0 Å². The first-order valence-electron chi connectivity index (χ1n) is 8.32. The number of halogens is 1. The molecule has 3 aromatic rings. The molecule has 5 nitrogen and oxygen atoms in total. The van der Waals surface area contributed by atoms with E-state index in [-0.39, 0.29) is 12.2 Å². The minimum atomic E-state index is -0.646. The highest BCUT2D eigenvalue weighted by molar-refractivity contribution is 9.10. The van der Waals surface area contributed by atoms with Crippen molar-refractivity contribution in [3.8, 4) is 23.0 Å². The minimum Gasteiger partial charge on any atom is -0.462 e. The number of esters is 1. The van der Waals surface area contributed by atoms with E-state index >= 15 is 0 Å². The van der Waals surface area contributed by atoms with Crippen LogP contribution in [0.3, 0.4) is 0 Å². The molecule has 0 saturated heterocycles. The number of hydrogen-bond donors (Lipinski definition) is 0. The van der Waals surface area contributed by atoms with Gasteiger partial charge in [-0.15, -0.1) is 0 Å².